The van der Waals surface area contributed by atoms with Gasteiger partial charge >= 0.3 is 0 Å². The lowest BCUT2D eigenvalue weighted by Crippen LogP contribution is -2.51. The van der Waals surface area contributed by atoms with Crippen LogP contribution in [0.15, 0.2) is 29.2 Å². The summed E-state index contributed by atoms with van der Waals surface area (Å²) in [6.45, 7) is 5.48. The van der Waals surface area contributed by atoms with E-state index < -0.39 is 10.0 Å². The molecular formula is C18H28N4O4S. The zero-order chi connectivity index (χ0) is 19.9. The van der Waals surface area contributed by atoms with E-state index in [2.05, 4.69) is 17.0 Å². The van der Waals surface area contributed by atoms with Gasteiger partial charge in [-0.05, 0) is 37.7 Å². The van der Waals surface area contributed by atoms with Gasteiger partial charge in [-0.2, -0.15) is 0 Å². The van der Waals surface area contributed by atoms with E-state index in [0.717, 1.165) is 12.8 Å². The Kier molecular flexibility index (Phi) is 7.76. The SMILES string of the molecule is CCCCNC(=O)CN1CCN(C(=O)c2ccc(S(=O)(=O)NC)cc2)CC1. The fourth-order valence-electron chi connectivity index (χ4n) is 2.85. The predicted molar refractivity (Wildman–Crippen MR) is 103 cm³/mol. The number of carbonyl (C=O) groups excluding carboxylic acids is 2. The standard InChI is InChI=1S/C18H28N4O4S/c1-3-4-9-20-17(23)14-21-10-12-22(13-11-21)18(24)15-5-7-16(8-6-15)27(25,26)19-2/h5-8,19H,3-4,9-14H2,1-2H3,(H,20,23). The summed E-state index contributed by atoms with van der Waals surface area (Å²) in [5.74, 6) is -0.111. The van der Waals surface area contributed by atoms with E-state index in [4.69, 9.17) is 0 Å². The normalized spacial score (nSPS) is 15.6. The lowest BCUT2D eigenvalue weighted by atomic mass is 10.2. The minimum Gasteiger partial charge on any atom is -0.355 e. The van der Waals surface area contributed by atoms with Crippen LogP contribution in [0.25, 0.3) is 0 Å². The number of hydrogen-bond acceptors (Lipinski definition) is 5. The lowest BCUT2D eigenvalue weighted by molar-refractivity contribution is -0.122. The molecule has 9 heteroatoms. The summed E-state index contributed by atoms with van der Waals surface area (Å²) in [6.07, 6.45) is 2.02. The molecule has 2 rings (SSSR count). The van der Waals surface area contributed by atoms with Crippen molar-refractivity contribution in [3.63, 3.8) is 0 Å². The second-order valence-corrected chi connectivity index (χ2v) is 8.39. The number of amides is 2. The fourth-order valence-corrected chi connectivity index (χ4v) is 3.58. The van der Waals surface area contributed by atoms with Gasteiger partial charge in [0, 0.05) is 38.3 Å². The van der Waals surface area contributed by atoms with Gasteiger partial charge in [0.1, 0.15) is 0 Å². The van der Waals surface area contributed by atoms with E-state index in [9.17, 15) is 18.0 Å². The molecule has 0 spiro atoms. The Morgan fingerprint density at radius 3 is 2.26 bits per heavy atom. The number of nitrogens with one attached hydrogen (secondary N) is 2. The fraction of sp³-hybridized carbons (Fsp3) is 0.556. The third-order valence-electron chi connectivity index (χ3n) is 4.56. The molecule has 1 aromatic rings. The molecule has 0 saturated carbocycles. The molecule has 2 amide bonds. The maximum atomic E-state index is 12.6. The first-order chi connectivity index (χ1) is 12.9. The molecular weight excluding hydrogens is 368 g/mol. The van der Waals surface area contributed by atoms with E-state index in [0.29, 0.717) is 44.8 Å². The van der Waals surface area contributed by atoms with Crippen LogP contribution in [0.5, 0.6) is 0 Å². The van der Waals surface area contributed by atoms with Crippen molar-refractivity contribution in [3.05, 3.63) is 29.8 Å². The van der Waals surface area contributed by atoms with E-state index in [1.165, 1.54) is 31.3 Å². The summed E-state index contributed by atoms with van der Waals surface area (Å²) >= 11 is 0. The van der Waals surface area contributed by atoms with Crippen molar-refractivity contribution in [2.45, 2.75) is 24.7 Å². The molecule has 1 aromatic carbocycles. The number of carbonyl (C=O) groups is 2. The quantitative estimate of drug-likeness (QED) is 0.615. The van der Waals surface area contributed by atoms with E-state index >= 15 is 0 Å². The van der Waals surface area contributed by atoms with Crippen molar-refractivity contribution < 1.29 is 18.0 Å². The molecule has 0 aliphatic carbocycles. The highest BCUT2D eigenvalue weighted by Gasteiger charge is 2.23. The van der Waals surface area contributed by atoms with Crippen molar-refractivity contribution in [1.82, 2.24) is 19.8 Å². The van der Waals surface area contributed by atoms with Gasteiger partial charge in [0.25, 0.3) is 5.91 Å². The monoisotopic (exact) mass is 396 g/mol. The smallest absolute Gasteiger partial charge is 0.253 e. The number of piperazine rings is 1. The number of unbranched alkanes of at least 4 members (excludes halogenated alkanes) is 1. The van der Waals surface area contributed by atoms with Gasteiger partial charge in [-0.3, -0.25) is 14.5 Å². The molecule has 2 N–H and O–H groups in total. The summed E-state index contributed by atoms with van der Waals surface area (Å²) in [5.41, 5.74) is 0.454. The van der Waals surface area contributed by atoms with Crippen LogP contribution >= 0.6 is 0 Å². The molecule has 1 aliphatic heterocycles. The molecule has 0 radical (unpaired) electrons. The summed E-state index contributed by atoms with van der Waals surface area (Å²) < 4.78 is 25.7. The van der Waals surface area contributed by atoms with Crippen molar-refractivity contribution >= 4 is 21.8 Å². The highest BCUT2D eigenvalue weighted by Crippen LogP contribution is 2.13. The van der Waals surface area contributed by atoms with Crippen molar-refractivity contribution in [3.8, 4) is 0 Å². The van der Waals surface area contributed by atoms with Crippen LogP contribution in [-0.4, -0.2) is 76.3 Å². The van der Waals surface area contributed by atoms with Crippen LogP contribution in [0.4, 0.5) is 0 Å². The number of hydrogen-bond donors (Lipinski definition) is 2. The van der Waals surface area contributed by atoms with E-state index in [1.54, 1.807) is 4.90 Å². The molecule has 1 heterocycles. The van der Waals surface area contributed by atoms with Gasteiger partial charge < -0.3 is 10.2 Å². The molecule has 8 nitrogen and oxygen atoms in total. The van der Waals surface area contributed by atoms with Gasteiger partial charge in [-0.15, -0.1) is 0 Å². The molecule has 0 atom stereocenters. The number of rotatable bonds is 8. The summed E-state index contributed by atoms with van der Waals surface area (Å²) in [4.78, 5) is 28.4. The number of sulfonamides is 1. The summed E-state index contributed by atoms with van der Waals surface area (Å²) in [6, 6.07) is 5.91. The largest absolute Gasteiger partial charge is 0.355 e. The van der Waals surface area contributed by atoms with Gasteiger partial charge in [-0.1, -0.05) is 13.3 Å². The molecule has 0 unspecified atom stereocenters. The third-order valence-corrected chi connectivity index (χ3v) is 5.99. The maximum absolute atomic E-state index is 12.6. The Morgan fingerprint density at radius 2 is 1.70 bits per heavy atom. The molecule has 1 aliphatic rings. The van der Waals surface area contributed by atoms with E-state index in [1.807, 2.05) is 4.90 Å². The van der Waals surface area contributed by atoms with Crippen LogP contribution in [0.2, 0.25) is 0 Å². The van der Waals surface area contributed by atoms with Gasteiger partial charge in [-0.25, -0.2) is 13.1 Å². The van der Waals surface area contributed by atoms with Crippen molar-refractivity contribution in [1.29, 1.82) is 0 Å². The molecule has 0 bridgehead atoms. The second kappa shape index (κ2) is 9.82. The highest BCUT2D eigenvalue weighted by atomic mass is 32.2. The van der Waals surface area contributed by atoms with Gasteiger partial charge in [0.2, 0.25) is 15.9 Å². The first kappa shape index (κ1) is 21.3. The topological polar surface area (TPSA) is 98.8 Å². The molecule has 27 heavy (non-hydrogen) atoms. The van der Waals surface area contributed by atoms with Crippen LogP contribution < -0.4 is 10.0 Å². The first-order valence-corrected chi connectivity index (χ1v) is 10.7. The number of nitrogens with zero attached hydrogens (tertiary/aromatic N) is 2. The van der Waals surface area contributed by atoms with Crippen LogP contribution in [0, 0.1) is 0 Å². The third kappa shape index (κ3) is 6.02. The molecule has 0 aromatic heterocycles. The van der Waals surface area contributed by atoms with Gasteiger partial charge in [0.05, 0.1) is 11.4 Å². The number of benzene rings is 1. The molecule has 1 fully saturated rings. The lowest BCUT2D eigenvalue weighted by Gasteiger charge is -2.34. The predicted octanol–water partition coefficient (Wildman–Crippen LogP) is 0.269. The van der Waals surface area contributed by atoms with Crippen LogP contribution in [-0.2, 0) is 14.8 Å². The molecule has 150 valence electrons. The average molecular weight is 397 g/mol. The maximum Gasteiger partial charge on any atom is 0.253 e. The molecule has 1 saturated heterocycles. The Labute approximate surface area is 161 Å². The highest BCUT2D eigenvalue weighted by molar-refractivity contribution is 7.89. The Bertz CT molecular complexity index is 741. The Morgan fingerprint density at radius 1 is 1.07 bits per heavy atom. The van der Waals surface area contributed by atoms with Crippen LogP contribution in [0.3, 0.4) is 0 Å². The minimum atomic E-state index is -3.51. The van der Waals surface area contributed by atoms with Gasteiger partial charge in [0.15, 0.2) is 0 Å². The average Bonchev–Trinajstić information content (AvgIpc) is 2.68. The Hall–Kier alpha value is -1.97. The minimum absolute atomic E-state index is 0.0181. The first-order valence-electron chi connectivity index (χ1n) is 9.19. The second-order valence-electron chi connectivity index (χ2n) is 6.50. The zero-order valence-electron chi connectivity index (χ0n) is 15.9. The van der Waals surface area contributed by atoms with E-state index in [-0.39, 0.29) is 16.7 Å². The van der Waals surface area contributed by atoms with Crippen molar-refractivity contribution in [2.24, 2.45) is 0 Å². The summed E-state index contributed by atoms with van der Waals surface area (Å²) in [7, 11) is -2.17. The Balaban J connectivity index is 1.85. The zero-order valence-corrected chi connectivity index (χ0v) is 16.7. The van der Waals surface area contributed by atoms with Crippen molar-refractivity contribution in [2.75, 3.05) is 46.3 Å². The van der Waals surface area contributed by atoms with Crippen LogP contribution in [0.1, 0.15) is 30.1 Å². The summed E-state index contributed by atoms with van der Waals surface area (Å²) in [5, 5.41) is 2.90.